The third-order valence-corrected chi connectivity index (χ3v) is 3.65. The lowest BCUT2D eigenvalue weighted by Crippen LogP contribution is -2.41. The molecule has 0 radical (unpaired) electrons. The topological polar surface area (TPSA) is 82.0 Å². The molecule has 0 aliphatic heterocycles. The van der Waals surface area contributed by atoms with Gasteiger partial charge in [-0.05, 0) is 31.0 Å². The van der Waals surface area contributed by atoms with E-state index in [2.05, 4.69) is 10.6 Å². The third-order valence-electron chi connectivity index (χ3n) is 3.65. The minimum Gasteiger partial charge on any atom is -0.345 e. The summed E-state index contributed by atoms with van der Waals surface area (Å²) >= 11 is 0. The van der Waals surface area contributed by atoms with Gasteiger partial charge in [-0.1, -0.05) is 31.7 Å². The van der Waals surface area contributed by atoms with Crippen molar-refractivity contribution in [1.29, 1.82) is 5.26 Å². The molecule has 1 saturated carbocycles. The molecule has 110 valence electrons. The number of nitrogens with zero attached hydrogens (tertiary/aromatic N) is 1. The lowest BCUT2D eigenvalue weighted by atomic mass is 10.1. The largest absolute Gasteiger partial charge is 0.345 e. The van der Waals surface area contributed by atoms with Crippen LogP contribution in [0.15, 0.2) is 24.3 Å². The molecule has 2 amide bonds. The van der Waals surface area contributed by atoms with Crippen molar-refractivity contribution in [3.8, 4) is 6.07 Å². The highest BCUT2D eigenvalue weighted by atomic mass is 16.2. The van der Waals surface area contributed by atoms with Crippen LogP contribution in [0.3, 0.4) is 0 Å². The molecule has 5 heteroatoms. The van der Waals surface area contributed by atoms with Gasteiger partial charge >= 0.3 is 11.8 Å². The molecule has 1 fully saturated rings. The normalized spacial score (nSPS) is 15.6. The van der Waals surface area contributed by atoms with Crippen LogP contribution >= 0.6 is 0 Å². The number of rotatable bonds is 2. The van der Waals surface area contributed by atoms with Gasteiger partial charge in [-0.2, -0.15) is 5.26 Å². The molecule has 2 N–H and O–H groups in total. The first-order valence-corrected chi connectivity index (χ1v) is 7.31. The van der Waals surface area contributed by atoms with Crippen LogP contribution in [0.5, 0.6) is 0 Å². The monoisotopic (exact) mass is 285 g/mol. The van der Waals surface area contributed by atoms with Gasteiger partial charge in [0.25, 0.3) is 0 Å². The van der Waals surface area contributed by atoms with E-state index < -0.39 is 11.8 Å². The highest BCUT2D eigenvalue weighted by Crippen LogP contribution is 2.17. The summed E-state index contributed by atoms with van der Waals surface area (Å²) in [6, 6.07) is 8.58. The number of carbonyl (C=O) groups is 2. The van der Waals surface area contributed by atoms with Crippen molar-refractivity contribution in [3.05, 3.63) is 29.8 Å². The second-order valence-corrected chi connectivity index (χ2v) is 5.31. The van der Waals surface area contributed by atoms with E-state index in [0.29, 0.717) is 11.3 Å². The summed E-state index contributed by atoms with van der Waals surface area (Å²) in [5.74, 6) is -1.29. The molecule has 0 atom stereocenters. The Morgan fingerprint density at radius 2 is 1.81 bits per heavy atom. The summed E-state index contributed by atoms with van der Waals surface area (Å²) in [6.45, 7) is 0. The fraction of sp³-hybridized carbons (Fsp3) is 0.438. The summed E-state index contributed by atoms with van der Waals surface area (Å²) in [5, 5.41) is 14.1. The van der Waals surface area contributed by atoms with Crippen LogP contribution in [0.4, 0.5) is 5.69 Å². The Balaban J connectivity index is 1.89. The van der Waals surface area contributed by atoms with Crippen LogP contribution < -0.4 is 10.6 Å². The maximum Gasteiger partial charge on any atom is 0.313 e. The predicted octanol–water partition coefficient (Wildman–Crippen LogP) is 2.34. The van der Waals surface area contributed by atoms with Gasteiger partial charge in [-0.25, -0.2) is 0 Å². The van der Waals surface area contributed by atoms with Crippen LogP contribution in [0.2, 0.25) is 0 Å². The van der Waals surface area contributed by atoms with Gasteiger partial charge in [-0.3, -0.25) is 9.59 Å². The molecule has 0 unspecified atom stereocenters. The summed E-state index contributed by atoms with van der Waals surface area (Å²) in [5.41, 5.74) is 0.895. The van der Waals surface area contributed by atoms with E-state index in [4.69, 9.17) is 5.26 Å². The molecule has 0 saturated heterocycles. The molecule has 0 aromatic heterocycles. The van der Waals surface area contributed by atoms with Crippen molar-refractivity contribution in [1.82, 2.24) is 5.32 Å². The summed E-state index contributed by atoms with van der Waals surface area (Å²) < 4.78 is 0. The molecule has 21 heavy (non-hydrogen) atoms. The van der Waals surface area contributed by atoms with E-state index in [-0.39, 0.29) is 6.04 Å². The second-order valence-electron chi connectivity index (χ2n) is 5.31. The fourth-order valence-electron chi connectivity index (χ4n) is 2.53. The van der Waals surface area contributed by atoms with Crippen molar-refractivity contribution < 1.29 is 9.59 Å². The summed E-state index contributed by atoms with van der Waals surface area (Å²) in [4.78, 5) is 23.8. The van der Waals surface area contributed by atoms with Crippen LogP contribution in [0.25, 0.3) is 0 Å². The lowest BCUT2D eigenvalue weighted by Gasteiger charge is -2.15. The first-order valence-electron chi connectivity index (χ1n) is 7.31. The molecule has 1 aromatic rings. The Morgan fingerprint density at radius 1 is 1.10 bits per heavy atom. The van der Waals surface area contributed by atoms with Gasteiger partial charge in [0.1, 0.15) is 0 Å². The maximum absolute atomic E-state index is 11.9. The quantitative estimate of drug-likeness (QED) is 0.646. The van der Waals surface area contributed by atoms with Crippen LogP contribution in [0, 0.1) is 11.3 Å². The minimum atomic E-state index is -0.686. The zero-order chi connectivity index (χ0) is 15.1. The van der Waals surface area contributed by atoms with Crippen molar-refractivity contribution in [2.75, 3.05) is 5.32 Å². The Morgan fingerprint density at radius 3 is 2.48 bits per heavy atom. The van der Waals surface area contributed by atoms with Gasteiger partial charge in [0.15, 0.2) is 0 Å². The number of anilines is 1. The smallest absolute Gasteiger partial charge is 0.313 e. The molecular formula is C16H19N3O2. The molecule has 1 aliphatic rings. The Hall–Kier alpha value is -2.35. The Bertz CT molecular complexity index is 555. The zero-order valence-electron chi connectivity index (χ0n) is 11.9. The van der Waals surface area contributed by atoms with Crippen molar-refractivity contribution >= 4 is 17.5 Å². The van der Waals surface area contributed by atoms with Crippen LogP contribution in [0.1, 0.15) is 44.1 Å². The molecule has 1 aromatic carbocycles. The summed E-state index contributed by atoms with van der Waals surface area (Å²) in [7, 11) is 0. The highest BCUT2D eigenvalue weighted by molar-refractivity contribution is 6.39. The number of benzene rings is 1. The average Bonchev–Trinajstić information content (AvgIpc) is 2.76. The SMILES string of the molecule is N#Cc1cccc(NC(=O)C(=O)NC2CCCCCC2)c1. The van der Waals surface area contributed by atoms with Crippen molar-refractivity contribution in [3.63, 3.8) is 0 Å². The number of nitriles is 1. The van der Waals surface area contributed by atoms with Crippen molar-refractivity contribution in [2.45, 2.75) is 44.6 Å². The minimum absolute atomic E-state index is 0.0937. The third kappa shape index (κ3) is 4.60. The van der Waals surface area contributed by atoms with Gasteiger partial charge in [-0.15, -0.1) is 0 Å². The summed E-state index contributed by atoms with van der Waals surface area (Å²) in [6.07, 6.45) is 6.44. The van der Waals surface area contributed by atoms with Crippen molar-refractivity contribution in [2.24, 2.45) is 0 Å². The van der Waals surface area contributed by atoms with E-state index in [1.807, 2.05) is 6.07 Å². The van der Waals surface area contributed by atoms with E-state index in [1.165, 1.54) is 18.9 Å². The highest BCUT2D eigenvalue weighted by Gasteiger charge is 2.19. The number of hydrogen-bond acceptors (Lipinski definition) is 3. The fourth-order valence-corrected chi connectivity index (χ4v) is 2.53. The van der Waals surface area contributed by atoms with E-state index in [0.717, 1.165) is 25.7 Å². The number of hydrogen-bond donors (Lipinski definition) is 2. The molecule has 1 aliphatic carbocycles. The number of amides is 2. The molecule has 5 nitrogen and oxygen atoms in total. The van der Waals surface area contributed by atoms with Crippen LogP contribution in [-0.2, 0) is 9.59 Å². The van der Waals surface area contributed by atoms with Gasteiger partial charge in [0, 0.05) is 11.7 Å². The van der Waals surface area contributed by atoms with Gasteiger partial charge in [0.05, 0.1) is 11.6 Å². The molecule has 0 spiro atoms. The number of nitrogens with one attached hydrogen (secondary N) is 2. The standard InChI is InChI=1S/C16H19N3O2/c17-11-12-6-5-9-14(10-12)19-16(21)15(20)18-13-7-3-1-2-4-8-13/h5-6,9-10,13H,1-4,7-8H2,(H,18,20)(H,19,21). The van der Waals surface area contributed by atoms with Gasteiger partial charge in [0.2, 0.25) is 0 Å². The molecule has 2 rings (SSSR count). The Kier molecular flexibility index (Phi) is 5.33. The van der Waals surface area contributed by atoms with E-state index in [1.54, 1.807) is 18.2 Å². The molecular weight excluding hydrogens is 266 g/mol. The zero-order valence-corrected chi connectivity index (χ0v) is 11.9. The predicted molar refractivity (Wildman–Crippen MR) is 79.4 cm³/mol. The number of carbonyl (C=O) groups excluding carboxylic acids is 2. The first-order chi connectivity index (χ1) is 10.2. The second kappa shape index (κ2) is 7.44. The van der Waals surface area contributed by atoms with Crippen LogP contribution in [-0.4, -0.2) is 17.9 Å². The molecule has 0 bridgehead atoms. The molecule has 0 heterocycles. The maximum atomic E-state index is 11.9. The lowest BCUT2D eigenvalue weighted by molar-refractivity contribution is -0.136. The van der Waals surface area contributed by atoms with Gasteiger partial charge < -0.3 is 10.6 Å². The first kappa shape index (κ1) is 15.0. The Labute approximate surface area is 124 Å². The van der Waals surface area contributed by atoms with E-state index >= 15 is 0 Å². The van der Waals surface area contributed by atoms with E-state index in [9.17, 15) is 9.59 Å². The average molecular weight is 285 g/mol.